The normalized spacial score (nSPS) is 17.4. The minimum absolute atomic E-state index is 0.0112. The Kier molecular flexibility index (Phi) is 6.61. The molecular weight excluding hydrogens is 555 g/mol. The number of alkyl halides is 3. The molecule has 214 valence electrons. The summed E-state index contributed by atoms with van der Waals surface area (Å²) in [5, 5.41) is 13.6. The zero-order valence-electron chi connectivity index (χ0n) is 20.9. The van der Waals surface area contributed by atoms with Crippen LogP contribution >= 0.6 is 0 Å². The lowest BCUT2D eigenvalue weighted by atomic mass is 10.1. The van der Waals surface area contributed by atoms with Crippen molar-refractivity contribution in [3.8, 4) is 28.6 Å². The van der Waals surface area contributed by atoms with Crippen molar-refractivity contribution in [2.45, 2.75) is 24.8 Å². The van der Waals surface area contributed by atoms with Crippen LogP contribution in [0.15, 0.2) is 47.6 Å². The number of likely N-dealkylation sites (tertiary alicyclic amines) is 1. The molecular formula is C25H20F3N5O8. The molecule has 0 spiro atoms. The summed E-state index contributed by atoms with van der Waals surface area (Å²) in [6.45, 7) is 1.10. The Hall–Kier alpha value is -4.86. The number of fused-ring (bicyclic) bond motifs is 1. The van der Waals surface area contributed by atoms with E-state index in [2.05, 4.69) is 19.6 Å². The number of phenols is 1. The molecule has 4 aromatic rings. The van der Waals surface area contributed by atoms with Crippen LogP contribution < -0.4 is 4.74 Å². The molecule has 0 radical (unpaired) electrons. The fourth-order valence-electron chi connectivity index (χ4n) is 4.41. The lowest BCUT2D eigenvalue weighted by Crippen LogP contribution is -2.55. The van der Waals surface area contributed by atoms with E-state index in [0.29, 0.717) is 19.6 Å². The first-order valence-electron chi connectivity index (χ1n) is 12.3. The third kappa shape index (κ3) is 5.20. The molecule has 41 heavy (non-hydrogen) atoms. The Morgan fingerprint density at radius 1 is 1.12 bits per heavy atom. The number of hydrogen-bond acceptors (Lipinski definition) is 11. The lowest BCUT2D eigenvalue weighted by molar-refractivity contribution is -0.142. The highest BCUT2D eigenvalue weighted by molar-refractivity contribution is 5.97. The first-order chi connectivity index (χ1) is 19.7. The van der Waals surface area contributed by atoms with Gasteiger partial charge in [-0.2, -0.15) is 13.2 Å². The van der Waals surface area contributed by atoms with Crippen LogP contribution in [-0.4, -0.2) is 80.1 Å². The number of hydrogen-bond donors (Lipinski definition) is 1. The molecule has 16 heteroatoms. The number of carbonyl (C=O) groups is 2. The topological polar surface area (TPSA) is 151 Å². The number of aromatic hydroxyl groups is 1. The Bertz CT molecular complexity index is 1610. The summed E-state index contributed by atoms with van der Waals surface area (Å²) in [5.74, 6) is -0.846. The number of nitrogens with zero attached hydrogens (tertiary/aromatic N) is 5. The number of aromatic nitrogens is 4. The minimum atomic E-state index is -4.74. The van der Waals surface area contributed by atoms with Crippen LogP contribution in [0.3, 0.4) is 0 Å². The number of amides is 1. The van der Waals surface area contributed by atoms with Gasteiger partial charge in [0.15, 0.2) is 5.69 Å². The van der Waals surface area contributed by atoms with E-state index in [1.807, 2.05) is 0 Å². The highest BCUT2D eigenvalue weighted by Gasteiger charge is 2.39. The summed E-state index contributed by atoms with van der Waals surface area (Å²) in [6, 6.07) is 3.96. The van der Waals surface area contributed by atoms with Crippen LogP contribution in [0.4, 0.5) is 18.0 Å². The second kappa shape index (κ2) is 10.3. The van der Waals surface area contributed by atoms with Gasteiger partial charge in [-0.1, -0.05) is 5.16 Å². The zero-order valence-corrected chi connectivity index (χ0v) is 20.9. The number of benzene rings is 1. The summed E-state index contributed by atoms with van der Waals surface area (Å²) in [7, 11) is 0. The Balaban J connectivity index is 1.12. The molecule has 2 aliphatic heterocycles. The summed E-state index contributed by atoms with van der Waals surface area (Å²) in [4.78, 5) is 34.3. The highest BCUT2D eigenvalue weighted by atomic mass is 19.4. The number of phenolic OH excluding ortho intramolecular Hbond substituents is 1. The van der Waals surface area contributed by atoms with E-state index < -0.39 is 30.0 Å². The van der Waals surface area contributed by atoms with Crippen molar-refractivity contribution in [1.29, 1.82) is 0 Å². The second-order valence-electron chi connectivity index (χ2n) is 9.23. The maximum atomic E-state index is 13.3. The van der Waals surface area contributed by atoms with Gasteiger partial charge in [-0.3, -0.25) is 9.20 Å². The average Bonchev–Trinajstić information content (AvgIpc) is 3.66. The van der Waals surface area contributed by atoms with Crippen LogP contribution in [0.25, 0.3) is 16.9 Å². The standard InChI is InChI=1S/C25H20F3N5O8/c26-25(27,28)20-17(12-38-31-20)18-8-30-21-22(29-4-5-33(18)21)39-13-1-2-16(19(34)7-13)23(35)32-9-15(10-32)41-24(36)40-14-3-6-37-11-14/h1-2,4-5,7-8,12,14-15,34H,3,6,9-11H2. The van der Waals surface area contributed by atoms with Crippen LogP contribution in [0.5, 0.6) is 17.4 Å². The minimum Gasteiger partial charge on any atom is -0.507 e. The predicted octanol–water partition coefficient (Wildman–Crippen LogP) is 3.67. The third-order valence-corrected chi connectivity index (χ3v) is 6.47. The van der Waals surface area contributed by atoms with Gasteiger partial charge >= 0.3 is 12.3 Å². The van der Waals surface area contributed by atoms with E-state index >= 15 is 0 Å². The van der Waals surface area contributed by atoms with Gasteiger partial charge in [0.1, 0.15) is 30.0 Å². The molecule has 0 saturated carbocycles. The Labute approximate surface area is 228 Å². The number of ether oxygens (including phenoxy) is 4. The molecule has 2 fully saturated rings. The molecule has 2 saturated heterocycles. The molecule has 1 N–H and O–H groups in total. The SMILES string of the molecule is O=C(OC1CCOC1)OC1CN(C(=O)c2ccc(Oc3nccn4c(-c5conc5C(F)(F)F)cnc34)cc2O)C1. The largest absolute Gasteiger partial charge is 0.509 e. The van der Waals surface area contributed by atoms with Crippen LogP contribution in [0.1, 0.15) is 22.5 Å². The van der Waals surface area contributed by atoms with Crippen molar-refractivity contribution >= 4 is 17.7 Å². The summed E-state index contributed by atoms with van der Waals surface area (Å²) < 4.78 is 67.0. The van der Waals surface area contributed by atoms with Crippen molar-refractivity contribution in [1.82, 2.24) is 24.4 Å². The monoisotopic (exact) mass is 575 g/mol. The number of rotatable bonds is 6. The van der Waals surface area contributed by atoms with Crippen molar-refractivity contribution in [2.75, 3.05) is 26.3 Å². The van der Waals surface area contributed by atoms with Gasteiger partial charge in [0.05, 0.1) is 49.3 Å². The van der Waals surface area contributed by atoms with E-state index in [1.54, 1.807) is 0 Å². The molecule has 13 nitrogen and oxygen atoms in total. The molecule has 5 heterocycles. The molecule has 3 aromatic heterocycles. The molecule has 2 aliphatic rings. The maximum absolute atomic E-state index is 13.3. The number of imidazole rings is 1. The average molecular weight is 575 g/mol. The zero-order chi connectivity index (χ0) is 28.7. The molecule has 6 rings (SSSR count). The van der Waals surface area contributed by atoms with E-state index in [-0.39, 0.29) is 59.0 Å². The van der Waals surface area contributed by atoms with Gasteiger partial charge in [-0.15, -0.1) is 0 Å². The van der Waals surface area contributed by atoms with Gasteiger partial charge < -0.3 is 33.5 Å². The summed E-state index contributed by atoms with van der Waals surface area (Å²) in [6.07, 6.45) is -1.09. The van der Waals surface area contributed by atoms with Crippen LogP contribution in [-0.2, 0) is 20.4 Å². The summed E-state index contributed by atoms with van der Waals surface area (Å²) in [5.41, 5.74) is -1.41. The van der Waals surface area contributed by atoms with Crippen molar-refractivity contribution in [3.63, 3.8) is 0 Å². The van der Waals surface area contributed by atoms with Gasteiger partial charge in [-0.05, 0) is 12.1 Å². The molecule has 0 bridgehead atoms. The molecule has 0 aliphatic carbocycles. The molecule has 1 amide bonds. The maximum Gasteiger partial charge on any atom is 0.509 e. The predicted molar refractivity (Wildman–Crippen MR) is 128 cm³/mol. The number of halogens is 3. The molecule has 1 unspecified atom stereocenters. The van der Waals surface area contributed by atoms with Gasteiger partial charge in [-0.25, -0.2) is 14.8 Å². The fourth-order valence-corrected chi connectivity index (χ4v) is 4.41. The number of carbonyl (C=O) groups excluding carboxylic acids is 2. The Morgan fingerprint density at radius 2 is 1.93 bits per heavy atom. The molecule has 1 aromatic carbocycles. The van der Waals surface area contributed by atoms with Crippen molar-refractivity contribution < 1.29 is 51.3 Å². The third-order valence-electron chi connectivity index (χ3n) is 6.47. The van der Waals surface area contributed by atoms with E-state index in [9.17, 15) is 27.9 Å². The van der Waals surface area contributed by atoms with Gasteiger partial charge in [0.25, 0.3) is 11.8 Å². The summed E-state index contributed by atoms with van der Waals surface area (Å²) >= 11 is 0. The smallest absolute Gasteiger partial charge is 0.507 e. The molecule has 1 atom stereocenters. The first kappa shape index (κ1) is 26.4. The van der Waals surface area contributed by atoms with E-state index in [0.717, 1.165) is 6.26 Å². The van der Waals surface area contributed by atoms with Crippen molar-refractivity contribution in [2.24, 2.45) is 0 Å². The van der Waals surface area contributed by atoms with E-state index in [1.165, 1.54) is 46.1 Å². The quantitative estimate of drug-likeness (QED) is 0.336. The van der Waals surface area contributed by atoms with Crippen LogP contribution in [0, 0.1) is 0 Å². The highest BCUT2D eigenvalue weighted by Crippen LogP contribution is 2.37. The second-order valence-corrected chi connectivity index (χ2v) is 9.23. The fraction of sp³-hybridized carbons (Fsp3) is 0.320. The first-order valence-corrected chi connectivity index (χ1v) is 12.3. The lowest BCUT2D eigenvalue weighted by Gasteiger charge is -2.38. The van der Waals surface area contributed by atoms with Gasteiger partial charge in [0, 0.05) is 24.9 Å². The Morgan fingerprint density at radius 3 is 2.66 bits per heavy atom. The van der Waals surface area contributed by atoms with Gasteiger partial charge in [0.2, 0.25) is 5.65 Å². The van der Waals surface area contributed by atoms with Crippen molar-refractivity contribution in [3.05, 3.63) is 54.3 Å². The van der Waals surface area contributed by atoms with E-state index in [4.69, 9.17) is 18.9 Å². The van der Waals surface area contributed by atoms with Crippen LogP contribution in [0.2, 0.25) is 0 Å².